The van der Waals surface area contributed by atoms with Gasteiger partial charge in [-0.15, -0.1) is 0 Å². The van der Waals surface area contributed by atoms with Gasteiger partial charge in [-0.25, -0.2) is 0 Å². The van der Waals surface area contributed by atoms with Crippen molar-refractivity contribution in [3.05, 3.63) is 38.4 Å². The zero-order valence-corrected chi connectivity index (χ0v) is 9.66. The third-order valence-electron chi connectivity index (χ3n) is 2.96. The fourth-order valence-electron chi connectivity index (χ4n) is 2.10. The van der Waals surface area contributed by atoms with E-state index in [1.165, 1.54) is 12.1 Å². The summed E-state index contributed by atoms with van der Waals surface area (Å²) in [6.45, 7) is 1.49. The summed E-state index contributed by atoms with van der Waals surface area (Å²) in [7, 11) is 0. The Labute approximate surface area is 103 Å². The Bertz CT molecular complexity index is 483. The lowest BCUT2D eigenvalue weighted by atomic mass is 10.1. The number of anilines is 1. The number of piperidine rings is 1. The predicted molar refractivity (Wildman–Crippen MR) is 64.7 cm³/mol. The predicted octanol–water partition coefficient (Wildman–Crippen LogP) is 2.29. The number of nitro benzene ring substituents is 2. The summed E-state index contributed by atoms with van der Waals surface area (Å²) < 4.78 is 0. The minimum absolute atomic E-state index is 0.314. The lowest BCUT2D eigenvalue weighted by Crippen LogP contribution is -2.29. The number of benzene rings is 1. The first-order valence-corrected chi connectivity index (χ1v) is 5.69. The summed E-state index contributed by atoms with van der Waals surface area (Å²) in [5.74, 6) is 0. The molecule has 0 saturated carbocycles. The van der Waals surface area contributed by atoms with Gasteiger partial charge >= 0.3 is 5.69 Å². The largest absolute Gasteiger partial charge is 0.366 e. The summed E-state index contributed by atoms with van der Waals surface area (Å²) in [6.07, 6.45) is 3.07. The molecule has 0 bridgehead atoms. The molecule has 1 aromatic rings. The van der Waals surface area contributed by atoms with E-state index in [-0.39, 0.29) is 11.4 Å². The first-order valence-electron chi connectivity index (χ1n) is 5.69. The minimum atomic E-state index is -0.674. The van der Waals surface area contributed by atoms with E-state index >= 15 is 0 Å². The summed E-state index contributed by atoms with van der Waals surface area (Å²) >= 11 is 0. The van der Waals surface area contributed by atoms with Crippen LogP contribution >= 0.6 is 0 Å². The molecule has 0 unspecified atom stereocenters. The van der Waals surface area contributed by atoms with Crippen molar-refractivity contribution in [1.82, 2.24) is 0 Å². The summed E-state index contributed by atoms with van der Waals surface area (Å²) in [4.78, 5) is 22.2. The molecule has 1 fully saturated rings. The third kappa shape index (κ3) is 2.39. The Morgan fingerprint density at radius 2 is 1.72 bits per heavy atom. The highest BCUT2D eigenvalue weighted by Gasteiger charge is 2.24. The van der Waals surface area contributed by atoms with Gasteiger partial charge in [0, 0.05) is 19.2 Å². The van der Waals surface area contributed by atoms with Crippen LogP contribution < -0.4 is 4.90 Å². The fourth-order valence-corrected chi connectivity index (χ4v) is 2.10. The first-order chi connectivity index (χ1) is 8.59. The van der Waals surface area contributed by atoms with Crippen molar-refractivity contribution < 1.29 is 9.85 Å². The third-order valence-corrected chi connectivity index (χ3v) is 2.96. The molecular weight excluding hydrogens is 238 g/mol. The lowest BCUT2D eigenvalue weighted by molar-refractivity contribution is -0.394. The van der Waals surface area contributed by atoms with Crippen molar-refractivity contribution in [3.8, 4) is 0 Å². The van der Waals surface area contributed by atoms with Crippen LogP contribution in [0.2, 0.25) is 0 Å². The Kier molecular flexibility index (Phi) is 3.40. The van der Waals surface area contributed by atoms with E-state index < -0.39 is 9.85 Å². The van der Waals surface area contributed by atoms with Crippen LogP contribution in [0.15, 0.2) is 12.1 Å². The first kappa shape index (κ1) is 12.3. The maximum Gasteiger partial charge on any atom is 0.307 e. The molecule has 2 rings (SSSR count). The van der Waals surface area contributed by atoms with Gasteiger partial charge < -0.3 is 4.90 Å². The van der Waals surface area contributed by atoms with Crippen LogP contribution in [0, 0.1) is 26.3 Å². The molecule has 0 N–H and O–H groups in total. The van der Waals surface area contributed by atoms with E-state index in [0.717, 1.165) is 32.4 Å². The summed E-state index contributed by atoms with van der Waals surface area (Å²) in [6, 6.07) is 4.97. The van der Waals surface area contributed by atoms with Crippen LogP contribution in [0.1, 0.15) is 19.3 Å². The Hall–Kier alpha value is -2.18. The number of nitrogens with zero attached hydrogens (tertiary/aromatic N) is 3. The van der Waals surface area contributed by atoms with Crippen molar-refractivity contribution in [2.75, 3.05) is 18.0 Å². The zero-order chi connectivity index (χ0) is 13.1. The molecule has 1 heterocycles. The molecule has 1 saturated heterocycles. The monoisotopic (exact) mass is 250 g/mol. The molecule has 0 aromatic heterocycles. The number of hydrogen-bond acceptors (Lipinski definition) is 5. The maximum atomic E-state index is 11.0. The highest BCUT2D eigenvalue weighted by molar-refractivity contribution is 5.66. The number of hydrogen-bond donors (Lipinski definition) is 0. The van der Waals surface area contributed by atoms with Crippen molar-refractivity contribution in [2.24, 2.45) is 0 Å². The van der Waals surface area contributed by atoms with Crippen LogP contribution in [0.25, 0.3) is 0 Å². The van der Waals surface area contributed by atoms with E-state index in [0.29, 0.717) is 5.69 Å². The average Bonchev–Trinajstić information content (AvgIpc) is 2.39. The van der Waals surface area contributed by atoms with Crippen molar-refractivity contribution in [1.29, 1.82) is 0 Å². The van der Waals surface area contributed by atoms with E-state index in [2.05, 4.69) is 6.07 Å². The topological polar surface area (TPSA) is 89.5 Å². The van der Waals surface area contributed by atoms with E-state index in [4.69, 9.17) is 0 Å². The molecule has 1 aromatic carbocycles. The molecule has 0 atom stereocenters. The molecule has 7 nitrogen and oxygen atoms in total. The smallest absolute Gasteiger partial charge is 0.307 e. The number of rotatable bonds is 3. The van der Waals surface area contributed by atoms with Crippen molar-refractivity contribution >= 4 is 17.1 Å². The molecule has 95 valence electrons. The van der Waals surface area contributed by atoms with Gasteiger partial charge in [0.15, 0.2) is 6.07 Å². The Balaban J connectivity index is 2.39. The van der Waals surface area contributed by atoms with Gasteiger partial charge in [-0.05, 0) is 25.3 Å². The van der Waals surface area contributed by atoms with Crippen LogP contribution in [-0.2, 0) is 0 Å². The average molecular weight is 250 g/mol. The van der Waals surface area contributed by atoms with Gasteiger partial charge in [0.2, 0.25) is 0 Å². The Morgan fingerprint density at radius 3 is 2.28 bits per heavy atom. The number of nitro groups is 2. The van der Waals surface area contributed by atoms with Gasteiger partial charge in [0.1, 0.15) is 5.69 Å². The molecule has 0 amide bonds. The van der Waals surface area contributed by atoms with Gasteiger partial charge in [0.25, 0.3) is 5.69 Å². The summed E-state index contributed by atoms with van der Waals surface area (Å²) in [5, 5.41) is 21.6. The normalized spacial score (nSPS) is 15.4. The SMILES string of the molecule is O=[N+]([O-])c1[c]c([N+](=O)[O-])c(N2CCCCC2)cc1. The quantitative estimate of drug-likeness (QED) is 0.606. The van der Waals surface area contributed by atoms with Gasteiger partial charge in [-0.2, -0.15) is 0 Å². The van der Waals surface area contributed by atoms with Crippen molar-refractivity contribution in [3.63, 3.8) is 0 Å². The molecule has 1 aliphatic rings. The molecule has 1 aliphatic heterocycles. The molecule has 7 heteroatoms. The van der Waals surface area contributed by atoms with Crippen LogP contribution in [0.5, 0.6) is 0 Å². The van der Waals surface area contributed by atoms with Crippen LogP contribution in [0.3, 0.4) is 0 Å². The molecule has 1 radical (unpaired) electrons. The second-order valence-corrected chi connectivity index (χ2v) is 4.14. The number of non-ortho nitro benzene ring substituents is 1. The van der Waals surface area contributed by atoms with Gasteiger partial charge in [0.05, 0.1) is 9.85 Å². The molecule has 0 spiro atoms. The van der Waals surface area contributed by atoms with E-state index in [1.54, 1.807) is 0 Å². The maximum absolute atomic E-state index is 11.0. The molecule has 0 aliphatic carbocycles. The highest BCUT2D eigenvalue weighted by atomic mass is 16.6. The Morgan fingerprint density at radius 1 is 1.06 bits per heavy atom. The van der Waals surface area contributed by atoms with Gasteiger partial charge in [-0.3, -0.25) is 20.2 Å². The van der Waals surface area contributed by atoms with Crippen LogP contribution in [0.4, 0.5) is 17.1 Å². The summed E-state index contributed by atoms with van der Waals surface area (Å²) in [5.41, 5.74) is -0.265. The zero-order valence-electron chi connectivity index (χ0n) is 9.66. The molecule has 18 heavy (non-hydrogen) atoms. The highest BCUT2D eigenvalue weighted by Crippen LogP contribution is 2.32. The minimum Gasteiger partial charge on any atom is -0.366 e. The fraction of sp³-hybridized carbons (Fsp3) is 0.455. The second kappa shape index (κ2) is 4.99. The van der Waals surface area contributed by atoms with E-state index in [1.807, 2.05) is 4.90 Å². The lowest BCUT2D eigenvalue weighted by Gasteiger charge is -2.28. The van der Waals surface area contributed by atoms with Crippen molar-refractivity contribution in [2.45, 2.75) is 19.3 Å². The standard InChI is InChI=1S/C11H12N3O4/c15-13(16)9-4-5-10(11(8-9)14(17)18)12-6-2-1-3-7-12/h4-5H,1-3,6-7H2. The molecular formula is C11H12N3O4. The van der Waals surface area contributed by atoms with Crippen LogP contribution in [-0.4, -0.2) is 22.9 Å². The van der Waals surface area contributed by atoms with E-state index in [9.17, 15) is 20.2 Å². The second-order valence-electron chi connectivity index (χ2n) is 4.14. The van der Waals surface area contributed by atoms with Gasteiger partial charge in [-0.1, -0.05) is 0 Å².